The van der Waals surface area contributed by atoms with Gasteiger partial charge >= 0.3 is 0 Å². The molecule has 3 nitrogen and oxygen atoms in total. The number of carbonyl (C=O) groups excluding carboxylic acids is 1. The molecule has 18 heavy (non-hydrogen) atoms. The van der Waals surface area contributed by atoms with Crippen LogP contribution >= 0.6 is 11.3 Å². The number of fused-ring (bicyclic) bond motifs is 1. The maximum absolute atomic E-state index is 13.3. The quantitative estimate of drug-likeness (QED) is 0.859. The highest BCUT2D eigenvalue weighted by molar-refractivity contribution is 7.17. The summed E-state index contributed by atoms with van der Waals surface area (Å²) in [5.74, 6) is -0.928. The van der Waals surface area contributed by atoms with Gasteiger partial charge < -0.3 is 5.11 Å². The van der Waals surface area contributed by atoms with Crippen molar-refractivity contribution < 1.29 is 14.3 Å². The number of benzene rings is 1. The molecule has 0 saturated carbocycles. The average Bonchev–Trinajstić information content (AvgIpc) is 2.78. The van der Waals surface area contributed by atoms with E-state index in [0.29, 0.717) is 21.9 Å². The minimum Gasteiger partial charge on any atom is -0.505 e. The van der Waals surface area contributed by atoms with Gasteiger partial charge in [-0.3, -0.25) is 4.79 Å². The molecule has 0 unspecified atom stereocenters. The molecule has 0 fully saturated rings. The smallest absolute Gasteiger partial charge is 0.174 e. The zero-order valence-electron chi connectivity index (χ0n) is 9.44. The fourth-order valence-corrected chi connectivity index (χ4v) is 3.11. The third-order valence-corrected chi connectivity index (χ3v) is 4.15. The van der Waals surface area contributed by atoms with E-state index in [9.17, 15) is 9.18 Å². The van der Waals surface area contributed by atoms with Crippen LogP contribution in [0, 0.1) is 5.82 Å². The fourth-order valence-electron chi connectivity index (χ4n) is 2.03. The molecule has 1 aromatic carbocycles. The van der Waals surface area contributed by atoms with E-state index in [1.165, 1.54) is 23.5 Å². The van der Waals surface area contributed by atoms with Crippen molar-refractivity contribution in [2.75, 3.05) is 0 Å². The molecule has 92 valence electrons. The molecule has 0 atom stereocenters. The van der Waals surface area contributed by atoms with Crippen molar-refractivity contribution >= 4 is 17.1 Å². The van der Waals surface area contributed by atoms with Gasteiger partial charge in [-0.05, 0) is 31.0 Å². The molecule has 0 aliphatic heterocycles. The van der Waals surface area contributed by atoms with Crippen molar-refractivity contribution in [1.82, 2.24) is 4.98 Å². The molecular weight excluding hydrogens is 253 g/mol. The van der Waals surface area contributed by atoms with E-state index in [1.807, 2.05) is 0 Å². The highest BCUT2D eigenvalue weighted by Gasteiger charge is 2.22. The maximum atomic E-state index is 13.3. The van der Waals surface area contributed by atoms with Crippen LogP contribution in [-0.4, -0.2) is 15.9 Å². The first-order valence-corrected chi connectivity index (χ1v) is 6.48. The minimum absolute atomic E-state index is 0.124. The summed E-state index contributed by atoms with van der Waals surface area (Å²) < 4.78 is 13.3. The standard InChI is InChI=1S/C13H10FNO2S/c14-8-6-7(4-5-10(8)16)13-15-9-2-1-3-11(17)12(9)18-13/h4-6,16H,1-3H2. The fraction of sp³-hybridized carbons (Fsp3) is 0.231. The summed E-state index contributed by atoms with van der Waals surface area (Å²) in [6.07, 6.45) is 2.20. The van der Waals surface area contributed by atoms with E-state index >= 15 is 0 Å². The number of hydrogen-bond donors (Lipinski definition) is 1. The molecule has 1 aliphatic rings. The van der Waals surface area contributed by atoms with Crippen molar-refractivity contribution in [3.8, 4) is 16.3 Å². The number of hydrogen-bond acceptors (Lipinski definition) is 4. The van der Waals surface area contributed by atoms with Crippen LogP contribution in [0.25, 0.3) is 10.6 Å². The number of halogens is 1. The van der Waals surface area contributed by atoms with E-state index in [-0.39, 0.29) is 11.5 Å². The number of ketones is 1. The molecule has 1 N–H and O–H groups in total. The van der Waals surface area contributed by atoms with E-state index in [4.69, 9.17) is 5.11 Å². The Morgan fingerprint density at radius 1 is 1.33 bits per heavy atom. The van der Waals surface area contributed by atoms with E-state index in [2.05, 4.69) is 4.98 Å². The lowest BCUT2D eigenvalue weighted by Gasteiger charge is -2.06. The summed E-state index contributed by atoms with van der Waals surface area (Å²) in [4.78, 5) is 16.8. The molecule has 0 spiro atoms. The van der Waals surface area contributed by atoms with Gasteiger partial charge in [0, 0.05) is 12.0 Å². The summed E-state index contributed by atoms with van der Waals surface area (Å²) in [5.41, 5.74) is 1.41. The molecule has 5 heteroatoms. The van der Waals surface area contributed by atoms with E-state index in [0.717, 1.165) is 18.5 Å². The third-order valence-electron chi connectivity index (χ3n) is 2.96. The summed E-state index contributed by atoms with van der Waals surface area (Å²) in [6.45, 7) is 0. The van der Waals surface area contributed by atoms with Crippen LogP contribution in [0.2, 0.25) is 0 Å². The second kappa shape index (κ2) is 4.17. The molecule has 3 rings (SSSR count). The van der Waals surface area contributed by atoms with Gasteiger partial charge in [-0.2, -0.15) is 0 Å². The first-order valence-electron chi connectivity index (χ1n) is 5.67. The van der Waals surface area contributed by atoms with Crippen LogP contribution in [0.1, 0.15) is 28.2 Å². The van der Waals surface area contributed by atoms with E-state index in [1.54, 1.807) is 6.07 Å². The first-order chi connectivity index (χ1) is 8.65. The van der Waals surface area contributed by atoms with Gasteiger partial charge in [-0.15, -0.1) is 11.3 Å². The van der Waals surface area contributed by atoms with Crippen molar-refractivity contribution in [1.29, 1.82) is 0 Å². The Kier molecular flexibility index (Phi) is 2.63. The van der Waals surface area contributed by atoms with Crippen molar-refractivity contribution in [3.63, 3.8) is 0 Å². The molecule has 0 radical (unpaired) electrons. The van der Waals surface area contributed by atoms with Crippen LogP contribution in [0.5, 0.6) is 5.75 Å². The number of thiazole rings is 1. The topological polar surface area (TPSA) is 50.2 Å². The molecule has 2 aromatic rings. The maximum Gasteiger partial charge on any atom is 0.174 e. The van der Waals surface area contributed by atoms with E-state index < -0.39 is 5.82 Å². The Labute approximate surface area is 107 Å². The van der Waals surface area contributed by atoms with Gasteiger partial charge in [0.1, 0.15) is 5.01 Å². The van der Waals surface area contributed by atoms with Crippen LogP contribution in [0.4, 0.5) is 4.39 Å². The number of aromatic hydroxyl groups is 1. The zero-order valence-corrected chi connectivity index (χ0v) is 10.3. The highest BCUT2D eigenvalue weighted by Crippen LogP contribution is 2.33. The van der Waals surface area contributed by atoms with Crippen molar-refractivity contribution in [3.05, 3.63) is 34.6 Å². The molecule has 1 aliphatic carbocycles. The molecule has 0 bridgehead atoms. The molecular formula is C13H10FNO2S. The van der Waals surface area contributed by atoms with Crippen molar-refractivity contribution in [2.45, 2.75) is 19.3 Å². The number of rotatable bonds is 1. The van der Waals surface area contributed by atoms with Gasteiger partial charge in [0.2, 0.25) is 0 Å². The number of aromatic nitrogens is 1. The van der Waals surface area contributed by atoms with Gasteiger partial charge in [0.25, 0.3) is 0 Å². The monoisotopic (exact) mass is 263 g/mol. The number of nitrogens with zero attached hydrogens (tertiary/aromatic N) is 1. The Balaban J connectivity index is 2.07. The number of Topliss-reactive ketones (excluding diaryl/α,β-unsaturated/α-hetero) is 1. The van der Waals surface area contributed by atoms with Gasteiger partial charge in [-0.25, -0.2) is 9.37 Å². The average molecular weight is 263 g/mol. The van der Waals surface area contributed by atoms with Crippen molar-refractivity contribution in [2.24, 2.45) is 0 Å². The SMILES string of the molecule is O=C1CCCc2nc(-c3ccc(O)c(F)c3)sc21. The van der Waals surface area contributed by atoms with Crippen LogP contribution in [0.3, 0.4) is 0 Å². The normalized spacial score (nSPS) is 14.6. The second-order valence-electron chi connectivity index (χ2n) is 4.24. The summed E-state index contributed by atoms with van der Waals surface area (Å²) in [7, 11) is 0. The first kappa shape index (κ1) is 11.3. The third kappa shape index (κ3) is 1.80. The Morgan fingerprint density at radius 2 is 2.17 bits per heavy atom. The molecule has 1 heterocycles. The summed E-state index contributed by atoms with van der Waals surface area (Å²) in [6, 6.07) is 4.14. The Bertz CT molecular complexity index is 636. The molecule has 1 aromatic heterocycles. The number of aryl methyl sites for hydroxylation is 1. The Morgan fingerprint density at radius 3 is 2.89 bits per heavy atom. The lowest BCUT2D eigenvalue weighted by atomic mass is 10.0. The predicted octanol–water partition coefficient (Wildman–Crippen LogP) is 3.17. The van der Waals surface area contributed by atoms with Gasteiger partial charge in [0.05, 0.1) is 10.6 Å². The minimum atomic E-state index is -0.674. The van der Waals surface area contributed by atoms with Gasteiger partial charge in [-0.1, -0.05) is 0 Å². The summed E-state index contributed by atoms with van der Waals surface area (Å²) in [5, 5.41) is 9.78. The zero-order chi connectivity index (χ0) is 12.7. The Hall–Kier alpha value is -1.75. The van der Waals surface area contributed by atoms with Crippen LogP contribution in [-0.2, 0) is 6.42 Å². The molecule has 0 amide bonds. The van der Waals surface area contributed by atoms with Crippen LogP contribution in [0.15, 0.2) is 18.2 Å². The summed E-state index contributed by atoms with van der Waals surface area (Å²) >= 11 is 1.30. The lowest BCUT2D eigenvalue weighted by Crippen LogP contribution is -2.07. The second-order valence-corrected chi connectivity index (χ2v) is 5.24. The van der Waals surface area contributed by atoms with Crippen LogP contribution < -0.4 is 0 Å². The molecule has 0 saturated heterocycles. The predicted molar refractivity (Wildman–Crippen MR) is 66.4 cm³/mol. The number of phenols is 1. The largest absolute Gasteiger partial charge is 0.505 e. The van der Waals surface area contributed by atoms with Gasteiger partial charge in [0.15, 0.2) is 17.3 Å². The lowest BCUT2D eigenvalue weighted by molar-refractivity contribution is 0.0976. The number of phenolic OH excluding ortho intramolecular Hbond substituents is 1. The highest BCUT2D eigenvalue weighted by atomic mass is 32.1. The number of carbonyl (C=O) groups is 1.